The van der Waals surface area contributed by atoms with Crippen LogP contribution < -0.4 is 10.7 Å². The molecular formula is C25H26N4O2. The molecule has 0 bridgehead atoms. The second-order valence-electron chi connectivity index (χ2n) is 8.92. The smallest absolute Gasteiger partial charge is 0.197 e. The van der Waals surface area contributed by atoms with Crippen LogP contribution in [-0.2, 0) is 6.54 Å². The summed E-state index contributed by atoms with van der Waals surface area (Å²) >= 11 is 0. The number of likely N-dealkylation sites (tertiary alicyclic amines) is 1. The van der Waals surface area contributed by atoms with Crippen molar-refractivity contribution in [1.29, 1.82) is 0 Å². The van der Waals surface area contributed by atoms with E-state index < -0.39 is 0 Å². The minimum Gasteiger partial charge on any atom is -0.464 e. The first-order chi connectivity index (χ1) is 15.1. The van der Waals surface area contributed by atoms with Crippen LogP contribution in [0.15, 0.2) is 62.9 Å². The lowest BCUT2D eigenvalue weighted by atomic mass is 9.90. The van der Waals surface area contributed by atoms with Gasteiger partial charge in [-0.05, 0) is 31.2 Å². The number of fused-ring (bicyclic) bond motifs is 5. The Labute approximate surface area is 181 Å². The number of hydrogen-bond donors (Lipinski definition) is 1. The van der Waals surface area contributed by atoms with Crippen LogP contribution in [-0.4, -0.2) is 47.5 Å². The van der Waals surface area contributed by atoms with E-state index in [0.717, 1.165) is 56.0 Å². The van der Waals surface area contributed by atoms with Gasteiger partial charge < -0.3 is 14.6 Å². The molecule has 0 atom stereocenters. The first kappa shape index (κ1) is 18.6. The van der Waals surface area contributed by atoms with Crippen molar-refractivity contribution in [2.24, 2.45) is 4.99 Å². The van der Waals surface area contributed by atoms with Gasteiger partial charge in [0, 0.05) is 55.8 Å². The molecular weight excluding hydrogens is 388 g/mol. The summed E-state index contributed by atoms with van der Waals surface area (Å²) in [5.74, 6) is 1.13. The number of anilines is 1. The lowest BCUT2D eigenvalue weighted by Gasteiger charge is -2.52. The van der Waals surface area contributed by atoms with E-state index in [-0.39, 0.29) is 11.1 Å². The van der Waals surface area contributed by atoms with Crippen LogP contribution in [0.4, 0.5) is 5.69 Å². The molecule has 3 aliphatic rings. The summed E-state index contributed by atoms with van der Waals surface area (Å²) in [6, 6.07) is 14.2. The maximum absolute atomic E-state index is 13.0. The van der Waals surface area contributed by atoms with Gasteiger partial charge in [-0.15, -0.1) is 0 Å². The highest BCUT2D eigenvalue weighted by Gasteiger charge is 2.46. The summed E-state index contributed by atoms with van der Waals surface area (Å²) < 4.78 is 5.76. The minimum atomic E-state index is -0.0919. The highest BCUT2D eigenvalue weighted by atomic mass is 16.3. The fraction of sp³-hybridized carbons (Fsp3) is 0.360. The summed E-state index contributed by atoms with van der Waals surface area (Å²) in [6.07, 6.45) is 3.61. The van der Waals surface area contributed by atoms with Gasteiger partial charge in [-0.3, -0.25) is 14.7 Å². The van der Waals surface area contributed by atoms with E-state index in [9.17, 15) is 4.79 Å². The Hall–Kier alpha value is -3.12. The maximum atomic E-state index is 13.0. The third-order valence-corrected chi connectivity index (χ3v) is 6.97. The molecule has 3 aliphatic heterocycles. The molecule has 3 aromatic rings. The Morgan fingerprint density at radius 2 is 1.97 bits per heavy atom. The van der Waals surface area contributed by atoms with Gasteiger partial charge in [0.1, 0.15) is 17.1 Å². The summed E-state index contributed by atoms with van der Waals surface area (Å²) in [5, 5.41) is 4.52. The number of amidine groups is 1. The maximum Gasteiger partial charge on any atom is 0.197 e. The predicted octanol–water partition coefficient (Wildman–Crippen LogP) is 3.58. The van der Waals surface area contributed by atoms with Gasteiger partial charge in [0.05, 0.1) is 18.2 Å². The fourth-order valence-corrected chi connectivity index (χ4v) is 5.31. The number of para-hydroxylation sites is 1. The highest BCUT2D eigenvalue weighted by Crippen LogP contribution is 2.39. The molecule has 158 valence electrons. The Bertz CT molecular complexity index is 1250. The van der Waals surface area contributed by atoms with Crippen molar-refractivity contribution in [2.75, 3.05) is 31.5 Å². The SMILES string of the molecule is Cc1ccc2occ(CN3CCC4(CC3)Nc3ccccc3C3=NCCN34)c(=O)c2c1. The average Bonchev–Trinajstić information content (AvgIpc) is 3.29. The van der Waals surface area contributed by atoms with E-state index in [2.05, 4.69) is 39.4 Å². The zero-order chi connectivity index (χ0) is 21.0. The van der Waals surface area contributed by atoms with Crippen LogP contribution in [0.2, 0.25) is 0 Å². The lowest BCUT2D eigenvalue weighted by Crippen LogP contribution is -2.63. The Kier molecular flexibility index (Phi) is 4.18. The van der Waals surface area contributed by atoms with Crippen LogP contribution in [0.1, 0.15) is 29.5 Å². The largest absolute Gasteiger partial charge is 0.464 e. The van der Waals surface area contributed by atoms with Crippen molar-refractivity contribution in [3.05, 3.63) is 75.6 Å². The van der Waals surface area contributed by atoms with Crippen molar-refractivity contribution in [2.45, 2.75) is 32.0 Å². The third-order valence-electron chi connectivity index (χ3n) is 6.97. The summed E-state index contributed by atoms with van der Waals surface area (Å²) in [7, 11) is 0. The molecule has 0 saturated carbocycles. The molecule has 1 N–H and O–H groups in total. The van der Waals surface area contributed by atoms with E-state index in [0.29, 0.717) is 17.5 Å². The van der Waals surface area contributed by atoms with Crippen LogP contribution in [0.5, 0.6) is 0 Å². The molecule has 4 heterocycles. The Morgan fingerprint density at radius 1 is 1.13 bits per heavy atom. The van der Waals surface area contributed by atoms with Crippen molar-refractivity contribution in [3.63, 3.8) is 0 Å². The highest BCUT2D eigenvalue weighted by molar-refractivity contribution is 6.06. The fourth-order valence-electron chi connectivity index (χ4n) is 5.31. The quantitative estimate of drug-likeness (QED) is 0.695. The minimum absolute atomic E-state index is 0.0870. The number of hydrogen-bond acceptors (Lipinski definition) is 6. The normalized spacial score (nSPS) is 19.8. The Balaban J connectivity index is 1.23. The average molecular weight is 415 g/mol. The number of piperidine rings is 1. The molecule has 31 heavy (non-hydrogen) atoms. The van der Waals surface area contributed by atoms with Crippen LogP contribution in [0, 0.1) is 6.92 Å². The van der Waals surface area contributed by atoms with E-state index in [1.807, 2.05) is 25.1 Å². The Morgan fingerprint density at radius 3 is 2.84 bits per heavy atom. The van der Waals surface area contributed by atoms with Gasteiger partial charge in [0.15, 0.2) is 5.43 Å². The van der Waals surface area contributed by atoms with Crippen molar-refractivity contribution in [1.82, 2.24) is 9.80 Å². The number of nitrogens with zero attached hydrogens (tertiary/aromatic N) is 3. The third kappa shape index (κ3) is 2.97. The van der Waals surface area contributed by atoms with Crippen molar-refractivity contribution >= 4 is 22.5 Å². The first-order valence-electron chi connectivity index (χ1n) is 11.1. The zero-order valence-electron chi connectivity index (χ0n) is 17.7. The molecule has 6 rings (SSSR count). The molecule has 6 heteroatoms. The summed E-state index contributed by atoms with van der Waals surface area (Å²) in [5.41, 5.74) is 4.84. The van der Waals surface area contributed by atoms with Crippen LogP contribution in [0.25, 0.3) is 11.0 Å². The molecule has 6 nitrogen and oxygen atoms in total. The molecule has 1 saturated heterocycles. The van der Waals surface area contributed by atoms with E-state index >= 15 is 0 Å². The van der Waals surface area contributed by atoms with E-state index in [1.54, 1.807) is 6.26 Å². The molecule has 1 aromatic heterocycles. The van der Waals surface area contributed by atoms with Crippen molar-refractivity contribution < 1.29 is 4.42 Å². The second-order valence-corrected chi connectivity index (χ2v) is 8.92. The monoisotopic (exact) mass is 414 g/mol. The molecule has 0 aliphatic carbocycles. The molecule has 0 unspecified atom stereocenters. The summed E-state index contributed by atoms with van der Waals surface area (Å²) in [6.45, 7) is 6.29. The van der Waals surface area contributed by atoms with Crippen LogP contribution >= 0.6 is 0 Å². The standard InChI is InChI=1S/C25H26N4O2/c1-17-6-7-22-20(14-17)23(30)18(16-31-22)15-28-11-8-25(9-12-28)27-21-5-3-2-4-19(21)24-26-10-13-29(24)25/h2-7,14,16,27H,8-13,15H2,1H3. The van der Waals surface area contributed by atoms with E-state index in [1.165, 1.54) is 11.3 Å². The molecule has 1 fully saturated rings. The number of benzene rings is 2. The van der Waals surface area contributed by atoms with Crippen LogP contribution in [0.3, 0.4) is 0 Å². The van der Waals surface area contributed by atoms with Crippen molar-refractivity contribution in [3.8, 4) is 0 Å². The summed E-state index contributed by atoms with van der Waals surface area (Å²) in [4.78, 5) is 22.7. The van der Waals surface area contributed by atoms with Gasteiger partial charge in [0.2, 0.25) is 0 Å². The zero-order valence-corrected chi connectivity index (χ0v) is 17.7. The predicted molar refractivity (Wildman–Crippen MR) is 123 cm³/mol. The molecule has 2 aromatic carbocycles. The molecule has 0 radical (unpaired) electrons. The van der Waals surface area contributed by atoms with E-state index in [4.69, 9.17) is 9.41 Å². The first-order valence-corrected chi connectivity index (χ1v) is 11.1. The van der Waals surface area contributed by atoms with Gasteiger partial charge in [-0.1, -0.05) is 23.8 Å². The lowest BCUT2D eigenvalue weighted by molar-refractivity contribution is 0.0891. The second kappa shape index (κ2) is 6.95. The number of aryl methyl sites for hydroxylation is 1. The number of rotatable bonds is 2. The van der Waals surface area contributed by atoms with Gasteiger partial charge in [-0.25, -0.2) is 0 Å². The topological polar surface area (TPSA) is 61.1 Å². The molecule has 0 amide bonds. The molecule has 1 spiro atoms. The van der Waals surface area contributed by atoms with Gasteiger partial charge >= 0.3 is 0 Å². The number of aliphatic imine (C=N–C) groups is 1. The van der Waals surface area contributed by atoms with Gasteiger partial charge in [-0.2, -0.15) is 0 Å². The number of nitrogens with one attached hydrogen (secondary N) is 1. The van der Waals surface area contributed by atoms with Gasteiger partial charge in [0.25, 0.3) is 0 Å².